The molecule has 0 saturated carbocycles. The first-order valence-corrected chi connectivity index (χ1v) is 8.56. The molecule has 0 radical (unpaired) electrons. The number of benzene rings is 1. The topological polar surface area (TPSA) is 15.7 Å². The molecule has 21 heavy (non-hydrogen) atoms. The molecule has 1 aliphatic heterocycles. The highest BCUT2D eigenvalue weighted by atomic mass is 32.1. The minimum atomic E-state index is 0.414. The van der Waals surface area contributed by atoms with E-state index in [1.807, 2.05) is 11.3 Å². The molecule has 1 aromatic heterocycles. The van der Waals surface area contributed by atoms with E-state index < -0.39 is 0 Å². The number of rotatable bonds is 5. The van der Waals surface area contributed by atoms with Gasteiger partial charge in [-0.2, -0.15) is 0 Å². The van der Waals surface area contributed by atoms with Crippen molar-refractivity contribution in [3.63, 3.8) is 0 Å². The molecule has 0 N–H and O–H groups in total. The quantitative estimate of drug-likeness (QED) is 0.843. The van der Waals surface area contributed by atoms with Gasteiger partial charge in [0.1, 0.15) is 0 Å². The summed E-state index contributed by atoms with van der Waals surface area (Å²) in [7, 11) is 4.28. The smallest absolute Gasteiger partial charge is 0.0664 e. The maximum absolute atomic E-state index is 5.77. The monoisotopic (exact) mass is 304 g/mol. The van der Waals surface area contributed by atoms with Crippen LogP contribution >= 0.6 is 11.3 Å². The van der Waals surface area contributed by atoms with Gasteiger partial charge in [0.15, 0.2) is 0 Å². The first-order valence-electron chi connectivity index (χ1n) is 7.68. The summed E-state index contributed by atoms with van der Waals surface area (Å²) in [5.74, 6) is 0. The van der Waals surface area contributed by atoms with Crippen molar-refractivity contribution in [3.8, 4) is 0 Å². The summed E-state index contributed by atoms with van der Waals surface area (Å²) in [4.78, 5) is 4.86. The van der Waals surface area contributed by atoms with Crippen LogP contribution in [0, 0.1) is 0 Å². The van der Waals surface area contributed by atoms with Gasteiger partial charge in [-0.1, -0.05) is 18.2 Å². The fraction of sp³-hybridized carbons (Fsp3) is 0.529. The lowest BCUT2D eigenvalue weighted by atomic mass is 10.0. The van der Waals surface area contributed by atoms with E-state index >= 15 is 0 Å². The van der Waals surface area contributed by atoms with Crippen LogP contribution in [0.3, 0.4) is 0 Å². The highest BCUT2D eigenvalue weighted by Crippen LogP contribution is 2.34. The van der Waals surface area contributed by atoms with Crippen LogP contribution in [0.15, 0.2) is 29.6 Å². The zero-order chi connectivity index (χ0) is 14.7. The number of hydrogen-bond acceptors (Lipinski definition) is 4. The second-order valence-corrected chi connectivity index (χ2v) is 6.88. The van der Waals surface area contributed by atoms with Gasteiger partial charge in [-0.15, -0.1) is 11.3 Å². The van der Waals surface area contributed by atoms with Crippen molar-refractivity contribution >= 4 is 21.4 Å². The lowest BCUT2D eigenvalue weighted by Gasteiger charge is -2.35. The summed E-state index contributed by atoms with van der Waals surface area (Å²) in [6, 6.07) is 9.13. The van der Waals surface area contributed by atoms with Crippen molar-refractivity contribution in [2.45, 2.75) is 12.5 Å². The molecule has 2 aromatic rings. The minimum absolute atomic E-state index is 0.414. The summed E-state index contributed by atoms with van der Waals surface area (Å²) < 4.78 is 7.15. The minimum Gasteiger partial charge on any atom is -0.378 e. The number of hydrogen-bond donors (Lipinski definition) is 0. The summed E-state index contributed by atoms with van der Waals surface area (Å²) in [6.07, 6.45) is 1.21. The van der Waals surface area contributed by atoms with Gasteiger partial charge in [-0.25, -0.2) is 0 Å². The third-order valence-corrected chi connectivity index (χ3v) is 5.14. The molecule has 1 unspecified atom stereocenters. The molecule has 1 atom stereocenters. The second-order valence-electron chi connectivity index (χ2n) is 5.97. The first kappa shape index (κ1) is 15.0. The van der Waals surface area contributed by atoms with E-state index in [1.54, 1.807) is 0 Å². The van der Waals surface area contributed by atoms with Gasteiger partial charge >= 0.3 is 0 Å². The predicted molar refractivity (Wildman–Crippen MR) is 90.1 cm³/mol. The summed E-state index contributed by atoms with van der Waals surface area (Å²) in [5, 5.41) is 3.72. The van der Waals surface area contributed by atoms with Crippen LogP contribution in [0.2, 0.25) is 0 Å². The van der Waals surface area contributed by atoms with Crippen molar-refractivity contribution in [2.75, 3.05) is 46.9 Å². The Hall–Kier alpha value is -0.940. The largest absolute Gasteiger partial charge is 0.378 e. The Morgan fingerprint density at radius 3 is 3.05 bits per heavy atom. The number of nitrogens with zero attached hydrogens (tertiary/aromatic N) is 2. The highest BCUT2D eigenvalue weighted by molar-refractivity contribution is 7.17. The van der Waals surface area contributed by atoms with Gasteiger partial charge in [0.05, 0.1) is 19.3 Å². The summed E-state index contributed by atoms with van der Waals surface area (Å²) in [6.45, 7) is 5.02. The molecular weight excluding hydrogens is 280 g/mol. The van der Waals surface area contributed by atoms with E-state index in [0.29, 0.717) is 6.04 Å². The van der Waals surface area contributed by atoms with Crippen molar-refractivity contribution in [1.29, 1.82) is 0 Å². The van der Waals surface area contributed by atoms with Crippen LogP contribution in [0.4, 0.5) is 0 Å². The Morgan fingerprint density at radius 2 is 2.19 bits per heavy atom. The zero-order valence-corrected chi connectivity index (χ0v) is 13.7. The number of fused-ring (bicyclic) bond motifs is 1. The molecule has 114 valence electrons. The Labute approximate surface area is 131 Å². The normalized spacial score (nSPS) is 20.4. The molecular formula is C17H24N2OS. The molecule has 3 nitrogen and oxygen atoms in total. The Balaban J connectivity index is 1.77. The molecule has 1 fully saturated rings. The van der Waals surface area contributed by atoms with E-state index in [4.69, 9.17) is 4.74 Å². The van der Waals surface area contributed by atoms with Gasteiger partial charge in [-0.05, 0) is 49.5 Å². The van der Waals surface area contributed by atoms with E-state index in [1.165, 1.54) is 22.1 Å². The van der Waals surface area contributed by atoms with Crippen LogP contribution in [0.25, 0.3) is 10.1 Å². The van der Waals surface area contributed by atoms with E-state index in [-0.39, 0.29) is 0 Å². The average Bonchev–Trinajstić information content (AvgIpc) is 2.91. The van der Waals surface area contributed by atoms with Crippen molar-refractivity contribution in [3.05, 3.63) is 35.2 Å². The van der Waals surface area contributed by atoms with Crippen LogP contribution in [-0.4, -0.2) is 56.7 Å². The summed E-state index contributed by atoms with van der Waals surface area (Å²) >= 11 is 1.85. The molecule has 0 spiro atoms. The van der Waals surface area contributed by atoms with Crippen molar-refractivity contribution in [2.24, 2.45) is 0 Å². The maximum Gasteiger partial charge on any atom is 0.0664 e. The standard InChI is InChI=1S/C17H24N2OS/c1-18(2)8-5-9-19-10-11-20-12-16(19)15-13-21-17-7-4-3-6-14(15)17/h3-4,6-7,13,16H,5,8-12H2,1-2H3. The number of ether oxygens (including phenoxy) is 1. The van der Waals surface area contributed by atoms with Gasteiger partial charge in [0.25, 0.3) is 0 Å². The van der Waals surface area contributed by atoms with Crippen LogP contribution in [0.1, 0.15) is 18.0 Å². The third kappa shape index (κ3) is 3.46. The average molecular weight is 304 g/mol. The third-order valence-electron chi connectivity index (χ3n) is 4.16. The molecule has 1 aliphatic rings. The molecule has 4 heteroatoms. The summed E-state index contributed by atoms with van der Waals surface area (Å²) in [5.41, 5.74) is 1.44. The Morgan fingerprint density at radius 1 is 1.33 bits per heavy atom. The fourth-order valence-electron chi connectivity index (χ4n) is 3.04. The SMILES string of the molecule is CN(C)CCCN1CCOCC1c1csc2ccccc12. The maximum atomic E-state index is 5.77. The van der Waals surface area contributed by atoms with E-state index in [9.17, 15) is 0 Å². The highest BCUT2D eigenvalue weighted by Gasteiger charge is 2.26. The lowest BCUT2D eigenvalue weighted by Crippen LogP contribution is -2.40. The molecule has 1 saturated heterocycles. The van der Waals surface area contributed by atoms with Gasteiger partial charge in [0, 0.05) is 17.8 Å². The van der Waals surface area contributed by atoms with Crippen LogP contribution in [-0.2, 0) is 4.74 Å². The molecule has 0 amide bonds. The first-order chi connectivity index (χ1) is 10.3. The van der Waals surface area contributed by atoms with Crippen molar-refractivity contribution < 1.29 is 4.74 Å². The molecule has 3 rings (SSSR count). The van der Waals surface area contributed by atoms with Gasteiger partial charge in [0.2, 0.25) is 0 Å². The zero-order valence-electron chi connectivity index (χ0n) is 12.9. The lowest BCUT2D eigenvalue weighted by molar-refractivity contribution is -0.00881. The predicted octanol–water partition coefficient (Wildman–Crippen LogP) is 3.23. The molecule has 1 aromatic carbocycles. The molecule has 0 aliphatic carbocycles. The van der Waals surface area contributed by atoms with Crippen LogP contribution in [0.5, 0.6) is 0 Å². The van der Waals surface area contributed by atoms with E-state index in [0.717, 1.165) is 32.8 Å². The van der Waals surface area contributed by atoms with Gasteiger partial charge < -0.3 is 9.64 Å². The van der Waals surface area contributed by atoms with Gasteiger partial charge in [-0.3, -0.25) is 4.90 Å². The Bertz CT molecular complexity index is 581. The van der Waals surface area contributed by atoms with E-state index in [2.05, 4.69) is 53.5 Å². The molecule has 0 bridgehead atoms. The number of morpholine rings is 1. The Kier molecular flexibility index (Phi) is 4.91. The van der Waals surface area contributed by atoms with Crippen molar-refractivity contribution in [1.82, 2.24) is 9.80 Å². The van der Waals surface area contributed by atoms with Crippen LogP contribution < -0.4 is 0 Å². The fourth-order valence-corrected chi connectivity index (χ4v) is 4.05. The second kappa shape index (κ2) is 6.88. The molecule has 2 heterocycles. The number of thiophene rings is 1.